The fourth-order valence-electron chi connectivity index (χ4n) is 2.42. The molecule has 1 saturated heterocycles. The lowest BCUT2D eigenvalue weighted by Gasteiger charge is -2.35. The molecule has 8 heteroatoms. The number of hydrogen-bond donors (Lipinski definition) is 1. The van der Waals surface area contributed by atoms with Crippen molar-refractivity contribution in [3.05, 3.63) is 0 Å². The highest BCUT2D eigenvalue weighted by atomic mass is 32.2. The van der Waals surface area contributed by atoms with Gasteiger partial charge >= 0.3 is 0 Å². The minimum Gasteiger partial charge on any atom is -0.340 e. The van der Waals surface area contributed by atoms with E-state index in [-0.39, 0.29) is 11.9 Å². The van der Waals surface area contributed by atoms with Crippen molar-refractivity contribution in [1.82, 2.24) is 13.5 Å². The monoisotopic (exact) mass is 304 g/mol. The quantitative estimate of drug-likeness (QED) is 0.710. The molecule has 116 valence electrons. The Labute approximate surface area is 120 Å². The van der Waals surface area contributed by atoms with E-state index >= 15 is 0 Å². The molecule has 0 aromatic rings. The molecule has 0 spiro atoms. The first-order valence-corrected chi connectivity index (χ1v) is 8.43. The summed E-state index contributed by atoms with van der Waals surface area (Å²) in [7, 11) is -0.341. The van der Waals surface area contributed by atoms with E-state index in [4.69, 9.17) is 5.73 Å². The van der Waals surface area contributed by atoms with Gasteiger partial charge in [-0.15, -0.1) is 0 Å². The summed E-state index contributed by atoms with van der Waals surface area (Å²) in [6.45, 7) is 1.60. The molecule has 20 heavy (non-hydrogen) atoms. The van der Waals surface area contributed by atoms with Crippen molar-refractivity contribution < 1.29 is 13.2 Å². The molecule has 2 N–H and O–H groups in total. The number of piperazine rings is 1. The maximum atomic E-state index is 12.1. The predicted molar refractivity (Wildman–Crippen MR) is 76.1 cm³/mol. The second kappa shape index (κ2) is 5.97. The molecule has 7 nitrogen and oxygen atoms in total. The summed E-state index contributed by atoms with van der Waals surface area (Å²) >= 11 is 0. The molecule has 1 amide bonds. The van der Waals surface area contributed by atoms with Gasteiger partial charge in [0, 0.05) is 52.7 Å². The van der Waals surface area contributed by atoms with E-state index in [1.165, 1.54) is 22.7 Å². The number of carbonyl (C=O) groups is 1. The molecule has 1 atom stereocenters. The van der Waals surface area contributed by atoms with E-state index in [1.807, 2.05) is 0 Å². The topological polar surface area (TPSA) is 87.0 Å². The fraction of sp³-hybridized carbons (Fsp3) is 0.917. The lowest BCUT2D eigenvalue weighted by atomic mass is 10.1. The van der Waals surface area contributed by atoms with Gasteiger partial charge in [0.25, 0.3) is 10.2 Å². The average molecular weight is 304 g/mol. The van der Waals surface area contributed by atoms with Gasteiger partial charge in [0.15, 0.2) is 0 Å². The third-order valence-corrected chi connectivity index (χ3v) is 5.96. The standard InChI is InChI=1S/C12H24N4O3S/c1-14(2)20(18,19)16-7-5-15(6-8-16)12(17)9-11(13)10-3-4-10/h10-11H,3-9,13H2,1-2H3. The molecule has 0 bridgehead atoms. The second-order valence-electron chi connectivity index (χ2n) is 5.78. The van der Waals surface area contributed by atoms with Crippen LogP contribution in [0.2, 0.25) is 0 Å². The summed E-state index contributed by atoms with van der Waals surface area (Å²) < 4.78 is 26.5. The molecule has 0 aromatic heterocycles. The first kappa shape index (κ1) is 15.7. The molecule has 1 aliphatic heterocycles. The number of amides is 1. The van der Waals surface area contributed by atoms with Gasteiger partial charge in [-0.05, 0) is 18.8 Å². The fourth-order valence-corrected chi connectivity index (χ4v) is 3.51. The van der Waals surface area contributed by atoms with Gasteiger partial charge in [0.2, 0.25) is 5.91 Å². The van der Waals surface area contributed by atoms with Crippen molar-refractivity contribution in [2.75, 3.05) is 40.3 Å². The molecule has 0 aromatic carbocycles. The highest BCUT2D eigenvalue weighted by Crippen LogP contribution is 2.33. The minimum absolute atomic E-state index is 0.0361. The molecule has 1 unspecified atom stereocenters. The van der Waals surface area contributed by atoms with E-state index in [9.17, 15) is 13.2 Å². The van der Waals surface area contributed by atoms with Crippen LogP contribution in [0.3, 0.4) is 0 Å². The van der Waals surface area contributed by atoms with Gasteiger partial charge in [-0.25, -0.2) is 0 Å². The molecule has 1 heterocycles. The summed E-state index contributed by atoms with van der Waals surface area (Å²) in [5.41, 5.74) is 5.96. The Balaban J connectivity index is 1.83. The van der Waals surface area contributed by atoms with Crippen LogP contribution in [0.4, 0.5) is 0 Å². The Hall–Kier alpha value is -0.700. The first-order valence-electron chi connectivity index (χ1n) is 7.03. The zero-order valence-electron chi connectivity index (χ0n) is 12.2. The van der Waals surface area contributed by atoms with Crippen LogP contribution >= 0.6 is 0 Å². The molecule has 0 radical (unpaired) electrons. The first-order chi connectivity index (χ1) is 9.32. The minimum atomic E-state index is -3.37. The normalized spacial score (nSPS) is 23.1. The van der Waals surface area contributed by atoms with Gasteiger partial charge in [-0.1, -0.05) is 0 Å². The van der Waals surface area contributed by atoms with E-state index in [1.54, 1.807) is 4.90 Å². The highest BCUT2D eigenvalue weighted by Gasteiger charge is 2.33. The van der Waals surface area contributed by atoms with Gasteiger partial charge in [-0.2, -0.15) is 17.0 Å². The summed E-state index contributed by atoms with van der Waals surface area (Å²) in [5.74, 6) is 0.556. The van der Waals surface area contributed by atoms with Crippen molar-refractivity contribution >= 4 is 16.1 Å². The van der Waals surface area contributed by atoms with Gasteiger partial charge < -0.3 is 10.6 Å². The van der Waals surface area contributed by atoms with Crippen LogP contribution < -0.4 is 5.73 Å². The third kappa shape index (κ3) is 3.49. The Morgan fingerprint density at radius 3 is 2.25 bits per heavy atom. The molecule has 1 aliphatic carbocycles. The number of nitrogens with zero attached hydrogens (tertiary/aromatic N) is 3. The zero-order chi connectivity index (χ0) is 14.9. The Kier molecular flexibility index (Phi) is 4.68. The summed E-state index contributed by atoms with van der Waals surface area (Å²) in [5, 5.41) is 0. The zero-order valence-corrected chi connectivity index (χ0v) is 13.0. The maximum absolute atomic E-state index is 12.1. The number of nitrogens with two attached hydrogens (primary N) is 1. The van der Waals surface area contributed by atoms with Crippen LogP contribution in [0.5, 0.6) is 0 Å². The summed E-state index contributed by atoms with van der Waals surface area (Å²) in [6.07, 6.45) is 2.64. The lowest BCUT2D eigenvalue weighted by molar-refractivity contribution is -0.132. The Morgan fingerprint density at radius 1 is 1.25 bits per heavy atom. The summed E-state index contributed by atoms with van der Waals surface area (Å²) in [4.78, 5) is 13.8. The molecule has 2 aliphatic rings. The maximum Gasteiger partial charge on any atom is 0.281 e. The van der Waals surface area contributed by atoms with Gasteiger partial charge in [-0.3, -0.25) is 4.79 Å². The van der Waals surface area contributed by atoms with Crippen LogP contribution in [0.1, 0.15) is 19.3 Å². The Morgan fingerprint density at radius 2 is 1.80 bits per heavy atom. The second-order valence-corrected chi connectivity index (χ2v) is 7.92. The van der Waals surface area contributed by atoms with Crippen molar-refractivity contribution in [1.29, 1.82) is 0 Å². The smallest absolute Gasteiger partial charge is 0.281 e. The van der Waals surface area contributed by atoms with Crippen molar-refractivity contribution in [3.8, 4) is 0 Å². The van der Waals surface area contributed by atoms with Crippen LogP contribution in [0.25, 0.3) is 0 Å². The van der Waals surface area contributed by atoms with E-state index in [2.05, 4.69) is 0 Å². The molecule has 1 saturated carbocycles. The largest absolute Gasteiger partial charge is 0.340 e. The van der Waals surface area contributed by atoms with Crippen LogP contribution in [-0.2, 0) is 15.0 Å². The van der Waals surface area contributed by atoms with E-state index < -0.39 is 10.2 Å². The number of carbonyl (C=O) groups excluding carboxylic acids is 1. The molecular weight excluding hydrogens is 280 g/mol. The lowest BCUT2D eigenvalue weighted by Crippen LogP contribution is -2.53. The van der Waals surface area contributed by atoms with Crippen LogP contribution in [0.15, 0.2) is 0 Å². The molecule has 2 rings (SSSR count). The van der Waals surface area contributed by atoms with Crippen molar-refractivity contribution in [2.45, 2.75) is 25.3 Å². The van der Waals surface area contributed by atoms with Crippen molar-refractivity contribution in [2.24, 2.45) is 11.7 Å². The predicted octanol–water partition coefficient (Wildman–Crippen LogP) is -0.936. The van der Waals surface area contributed by atoms with Gasteiger partial charge in [0.05, 0.1) is 0 Å². The van der Waals surface area contributed by atoms with Gasteiger partial charge in [0.1, 0.15) is 0 Å². The SMILES string of the molecule is CN(C)S(=O)(=O)N1CCN(C(=O)CC(N)C2CC2)CC1. The van der Waals surface area contributed by atoms with Crippen LogP contribution in [0, 0.1) is 5.92 Å². The number of hydrogen-bond acceptors (Lipinski definition) is 4. The average Bonchev–Trinajstić information content (AvgIpc) is 3.22. The molecular formula is C12H24N4O3S. The summed E-state index contributed by atoms with van der Waals surface area (Å²) in [6, 6.07) is -0.0361. The van der Waals surface area contributed by atoms with Crippen LogP contribution in [-0.4, -0.2) is 74.2 Å². The number of rotatable bonds is 5. The third-order valence-electron chi connectivity index (χ3n) is 4.02. The van der Waals surface area contributed by atoms with Crippen molar-refractivity contribution in [3.63, 3.8) is 0 Å². The van der Waals surface area contributed by atoms with E-state index in [0.29, 0.717) is 38.5 Å². The highest BCUT2D eigenvalue weighted by molar-refractivity contribution is 7.86. The Bertz CT molecular complexity index is 453. The van der Waals surface area contributed by atoms with E-state index in [0.717, 1.165) is 12.8 Å². The molecule has 2 fully saturated rings.